The van der Waals surface area contributed by atoms with E-state index in [9.17, 15) is 9.59 Å². The van der Waals surface area contributed by atoms with Gasteiger partial charge in [-0.25, -0.2) is 4.79 Å². The van der Waals surface area contributed by atoms with E-state index in [1.807, 2.05) is 6.07 Å². The summed E-state index contributed by atoms with van der Waals surface area (Å²) in [6, 6.07) is 4.62. The fourth-order valence-electron chi connectivity index (χ4n) is 2.71. The van der Waals surface area contributed by atoms with Crippen LogP contribution in [-0.2, 0) is 9.59 Å². The van der Waals surface area contributed by atoms with Crippen LogP contribution in [0.15, 0.2) is 18.2 Å². The number of carboxylic acid groups (broad SMARTS) is 1. The van der Waals surface area contributed by atoms with Crippen molar-refractivity contribution in [3.05, 3.63) is 33.8 Å². The van der Waals surface area contributed by atoms with Crippen LogP contribution < -0.4 is 5.32 Å². The first-order valence-electron chi connectivity index (χ1n) is 6.96. The van der Waals surface area contributed by atoms with E-state index in [1.165, 1.54) is 0 Å². The Morgan fingerprint density at radius 3 is 2.62 bits per heavy atom. The molecule has 2 aliphatic rings. The van der Waals surface area contributed by atoms with Gasteiger partial charge < -0.3 is 10.4 Å². The molecular weight excluding hydrogens is 313 g/mol. The van der Waals surface area contributed by atoms with E-state index in [4.69, 9.17) is 28.3 Å². The number of rotatable bonds is 5. The van der Waals surface area contributed by atoms with Gasteiger partial charge in [0.15, 0.2) is 0 Å². The summed E-state index contributed by atoms with van der Waals surface area (Å²) < 4.78 is 0. The fraction of sp³-hybridized carbons (Fsp3) is 0.467. The monoisotopic (exact) mass is 327 g/mol. The molecule has 0 saturated heterocycles. The molecule has 4 nitrogen and oxygen atoms in total. The van der Waals surface area contributed by atoms with E-state index < -0.39 is 12.0 Å². The van der Waals surface area contributed by atoms with Gasteiger partial charge in [0.05, 0.1) is 10.0 Å². The van der Waals surface area contributed by atoms with Crippen LogP contribution in [0, 0.1) is 11.8 Å². The second kappa shape index (κ2) is 5.50. The van der Waals surface area contributed by atoms with Crippen LogP contribution in [0.3, 0.4) is 0 Å². The molecule has 0 bridgehead atoms. The molecule has 3 unspecified atom stereocenters. The number of carboxylic acids is 1. The van der Waals surface area contributed by atoms with E-state index in [0.717, 1.165) is 18.4 Å². The first-order chi connectivity index (χ1) is 9.99. The number of amides is 1. The third-order valence-corrected chi connectivity index (χ3v) is 5.00. The van der Waals surface area contributed by atoms with Crippen molar-refractivity contribution in [2.24, 2.45) is 11.8 Å². The Morgan fingerprint density at radius 2 is 2.00 bits per heavy atom. The van der Waals surface area contributed by atoms with Crippen LogP contribution in [0.25, 0.3) is 0 Å². The lowest BCUT2D eigenvalue weighted by molar-refractivity contribution is -0.142. The smallest absolute Gasteiger partial charge is 0.326 e. The summed E-state index contributed by atoms with van der Waals surface area (Å²) in [4.78, 5) is 23.3. The minimum absolute atomic E-state index is 0.0323. The van der Waals surface area contributed by atoms with Crippen molar-refractivity contribution in [1.29, 1.82) is 0 Å². The second-order valence-electron chi connectivity index (χ2n) is 5.75. The molecular formula is C15H15Cl2NO3. The van der Waals surface area contributed by atoms with Crippen molar-refractivity contribution >= 4 is 35.1 Å². The Labute approximate surface area is 132 Å². The van der Waals surface area contributed by atoms with Crippen LogP contribution in [0.5, 0.6) is 0 Å². The number of hydrogen-bond donors (Lipinski definition) is 2. The summed E-state index contributed by atoms with van der Waals surface area (Å²) in [5.74, 6) is -1.25. The molecule has 2 fully saturated rings. The highest BCUT2D eigenvalue weighted by atomic mass is 35.5. The van der Waals surface area contributed by atoms with Crippen molar-refractivity contribution in [3.8, 4) is 0 Å². The number of carbonyl (C=O) groups is 2. The molecule has 112 valence electrons. The first-order valence-corrected chi connectivity index (χ1v) is 7.71. The summed E-state index contributed by atoms with van der Waals surface area (Å²) in [5, 5.41) is 12.8. The van der Waals surface area contributed by atoms with E-state index in [2.05, 4.69) is 5.32 Å². The Balaban J connectivity index is 1.65. The van der Waals surface area contributed by atoms with Crippen molar-refractivity contribution in [2.75, 3.05) is 0 Å². The molecule has 1 aromatic carbocycles. The Kier molecular flexibility index (Phi) is 3.84. The predicted octanol–water partition coefficient (Wildman–Crippen LogP) is 3.08. The molecule has 0 aromatic heterocycles. The SMILES string of the molecule is O=C(NC(C(=O)O)C1CC1)C1CC1c1cccc(Cl)c1Cl. The van der Waals surface area contributed by atoms with Gasteiger partial charge in [-0.15, -0.1) is 0 Å². The summed E-state index contributed by atoms with van der Waals surface area (Å²) in [6.45, 7) is 0. The molecule has 0 heterocycles. The summed E-state index contributed by atoms with van der Waals surface area (Å²) in [7, 11) is 0. The molecule has 21 heavy (non-hydrogen) atoms. The van der Waals surface area contributed by atoms with Crippen molar-refractivity contribution in [3.63, 3.8) is 0 Å². The van der Waals surface area contributed by atoms with Crippen LogP contribution in [0.1, 0.15) is 30.7 Å². The average Bonchev–Trinajstić information content (AvgIpc) is 3.31. The Morgan fingerprint density at radius 1 is 1.29 bits per heavy atom. The number of carbonyl (C=O) groups excluding carboxylic acids is 1. The lowest BCUT2D eigenvalue weighted by atomic mass is 10.1. The molecule has 2 saturated carbocycles. The zero-order chi connectivity index (χ0) is 15.1. The van der Waals surface area contributed by atoms with Crippen LogP contribution in [0.4, 0.5) is 0 Å². The van der Waals surface area contributed by atoms with Gasteiger partial charge in [-0.3, -0.25) is 4.79 Å². The maximum Gasteiger partial charge on any atom is 0.326 e. The van der Waals surface area contributed by atoms with E-state index in [-0.39, 0.29) is 23.7 Å². The highest BCUT2D eigenvalue weighted by Crippen LogP contribution is 2.51. The van der Waals surface area contributed by atoms with Gasteiger partial charge in [0, 0.05) is 5.92 Å². The lowest BCUT2D eigenvalue weighted by Crippen LogP contribution is -2.43. The van der Waals surface area contributed by atoms with Gasteiger partial charge in [0.1, 0.15) is 6.04 Å². The van der Waals surface area contributed by atoms with Gasteiger partial charge in [-0.2, -0.15) is 0 Å². The third kappa shape index (κ3) is 3.01. The maximum absolute atomic E-state index is 12.2. The molecule has 6 heteroatoms. The molecule has 2 N–H and O–H groups in total. The highest BCUT2D eigenvalue weighted by Gasteiger charge is 2.47. The minimum Gasteiger partial charge on any atom is -0.480 e. The van der Waals surface area contributed by atoms with Gasteiger partial charge in [0.25, 0.3) is 0 Å². The van der Waals surface area contributed by atoms with Crippen LogP contribution in [0.2, 0.25) is 10.0 Å². The lowest BCUT2D eigenvalue weighted by Gasteiger charge is -2.13. The standard InChI is InChI=1S/C15H15Cl2NO3/c16-11-3-1-2-8(12(11)17)9-6-10(9)14(19)18-13(15(20)21)7-4-5-7/h1-3,7,9-10,13H,4-6H2,(H,18,19)(H,20,21). The molecule has 2 aliphatic carbocycles. The predicted molar refractivity (Wildman–Crippen MR) is 79.6 cm³/mol. The molecule has 0 spiro atoms. The zero-order valence-electron chi connectivity index (χ0n) is 11.2. The zero-order valence-corrected chi connectivity index (χ0v) is 12.7. The van der Waals surface area contributed by atoms with Crippen molar-refractivity contribution in [2.45, 2.75) is 31.2 Å². The number of benzene rings is 1. The Bertz CT molecular complexity index is 601. The first kappa shape index (κ1) is 14.7. The minimum atomic E-state index is -0.955. The number of aliphatic carboxylic acids is 1. The fourth-order valence-corrected chi connectivity index (χ4v) is 3.15. The summed E-state index contributed by atoms with van der Waals surface area (Å²) in [5.41, 5.74) is 0.864. The molecule has 3 atom stereocenters. The molecule has 1 amide bonds. The average molecular weight is 328 g/mol. The highest BCUT2D eigenvalue weighted by molar-refractivity contribution is 6.42. The molecule has 0 aliphatic heterocycles. The third-order valence-electron chi connectivity index (χ3n) is 4.17. The molecule has 3 rings (SSSR count). The number of hydrogen-bond acceptors (Lipinski definition) is 2. The number of halogens is 2. The Hall–Kier alpha value is -1.26. The summed E-state index contributed by atoms with van der Waals surface area (Å²) in [6.07, 6.45) is 2.42. The van der Waals surface area contributed by atoms with Gasteiger partial charge >= 0.3 is 5.97 Å². The van der Waals surface area contributed by atoms with E-state index >= 15 is 0 Å². The van der Waals surface area contributed by atoms with Gasteiger partial charge in [0.2, 0.25) is 5.91 Å². The van der Waals surface area contributed by atoms with Crippen LogP contribution >= 0.6 is 23.2 Å². The van der Waals surface area contributed by atoms with Gasteiger partial charge in [-0.1, -0.05) is 35.3 Å². The number of nitrogens with one attached hydrogen (secondary N) is 1. The van der Waals surface area contributed by atoms with Crippen LogP contribution in [-0.4, -0.2) is 23.0 Å². The molecule has 0 radical (unpaired) electrons. The van der Waals surface area contributed by atoms with Crippen molar-refractivity contribution in [1.82, 2.24) is 5.32 Å². The quantitative estimate of drug-likeness (QED) is 0.873. The van der Waals surface area contributed by atoms with E-state index in [1.54, 1.807) is 12.1 Å². The molecule has 1 aromatic rings. The summed E-state index contributed by atoms with van der Waals surface area (Å²) >= 11 is 12.1. The van der Waals surface area contributed by atoms with Crippen molar-refractivity contribution < 1.29 is 14.7 Å². The largest absolute Gasteiger partial charge is 0.480 e. The topological polar surface area (TPSA) is 66.4 Å². The normalized spacial score (nSPS) is 25.2. The van der Waals surface area contributed by atoms with E-state index in [0.29, 0.717) is 16.5 Å². The van der Waals surface area contributed by atoms with Gasteiger partial charge in [-0.05, 0) is 42.7 Å². The second-order valence-corrected chi connectivity index (χ2v) is 6.54. The maximum atomic E-state index is 12.2.